The van der Waals surface area contributed by atoms with Crippen molar-refractivity contribution in [2.75, 3.05) is 18.0 Å². The molecule has 0 aliphatic carbocycles. The quantitative estimate of drug-likeness (QED) is 0.867. The van der Waals surface area contributed by atoms with Crippen LogP contribution in [0.5, 0.6) is 0 Å². The van der Waals surface area contributed by atoms with E-state index < -0.39 is 0 Å². The Balaban J connectivity index is 2.09. The largest absolute Gasteiger partial charge is 0.392 e. The maximum absolute atomic E-state index is 8.96. The molecule has 0 spiro atoms. The van der Waals surface area contributed by atoms with Crippen LogP contribution in [0.1, 0.15) is 38.7 Å². The summed E-state index contributed by atoms with van der Waals surface area (Å²) in [6.07, 6.45) is 7.08. The number of anilines is 1. The zero-order valence-corrected chi connectivity index (χ0v) is 10.7. The van der Waals surface area contributed by atoms with Crippen molar-refractivity contribution >= 4 is 5.95 Å². The van der Waals surface area contributed by atoms with Gasteiger partial charge < -0.3 is 10.0 Å². The first kappa shape index (κ1) is 12.3. The van der Waals surface area contributed by atoms with E-state index in [1.807, 2.05) is 0 Å². The second kappa shape index (κ2) is 5.00. The minimum atomic E-state index is 0.00807. The molecule has 1 fully saturated rings. The number of nitrogens with zero attached hydrogens (tertiary/aromatic N) is 3. The Morgan fingerprint density at radius 1 is 1.29 bits per heavy atom. The van der Waals surface area contributed by atoms with E-state index >= 15 is 0 Å². The standard InChI is InChI=1S/C13H21N3O/c1-3-13(4-2)5-6-16(10-13)12-14-7-11(9-17)8-15-12/h7-8,17H,3-6,9-10H2,1-2H3. The number of aliphatic hydroxyl groups excluding tert-OH is 1. The lowest BCUT2D eigenvalue weighted by molar-refractivity contribution is 0.281. The Labute approximate surface area is 103 Å². The highest BCUT2D eigenvalue weighted by Gasteiger charge is 2.35. The fourth-order valence-electron chi connectivity index (χ4n) is 2.53. The predicted octanol–water partition coefficient (Wildman–Crippen LogP) is 1.99. The molecule has 94 valence electrons. The van der Waals surface area contributed by atoms with E-state index in [9.17, 15) is 0 Å². The topological polar surface area (TPSA) is 49.2 Å². The summed E-state index contributed by atoms with van der Waals surface area (Å²) in [5, 5.41) is 8.96. The molecule has 1 saturated heterocycles. The van der Waals surface area contributed by atoms with Crippen molar-refractivity contribution in [2.45, 2.75) is 39.7 Å². The maximum atomic E-state index is 8.96. The first-order valence-corrected chi connectivity index (χ1v) is 6.40. The molecular formula is C13H21N3O. The first-order valence-electron chi connectivity index (χ1n) is 6.40. The molecule has 17 heavy (non-hydrogen) atoms. The van der Waals surface area contributed by atoms with Gasteiger partial charge in [-0.3, -0.25) is 0 Å². The van der Waals surface area contributed by atoms with E-state index in [1.54, 1.807) is 12.4 Å². The Morgan fingerprint density at radius 3 is 2.41 bits per heavy atom. The lowest BCUT2D eigenvalue weighted by atomic mass is 9.82. The number of hydrogen-bond acceptors (Lipinski definition) is 4. The number of aliphatic hydroxyl groups is 1. The van der Waals surface area contributed by atoms with Crippen LogP contribution in [0.4, 0.5) is 5.95 Å². The van der Waals surface area contributed by atoms with E-state index in [0.29, 0.717) is 5.41 Å². The van der Waals surface area contributed by atoms with Gasteiger partial charge in [0.1, 0.15) is 0 Å². The normalized spacial score (nSPS) is 18.6. The third-order valence-electron chi connectivity index (χ3n) is 4.10. The summed E-state index contributed by atoms with van der Waals surface area (Å²) < 4.78 is 0. The molecule has 4 nitrogen and oxygen atoms in total. The van der Waals surface area contributed by atoms with Crippen LogP contribution < -0.4 is 4.90 Å². The average Bonchev–Trinajstić information content (AvgIpc) is 2.84. The van der Waals surface area contributed by atoms with Crippen LogP contribution in [-0.4, -0.2) is 28.2 Å². The molecule has 0 unspecified atom stereocenters. The smallest absolute Gasteiger partial charge is 0.225 e. The van der Waals surface area contributed by atoms with Crippen LogP contribution in [0.3, 0.4) is 0 Å². The highest BCUT2D eigenvalue weighted by Crippen LogP contribution is 2.37. The van der Waals surface area contributed by atoms with E-state index in [4.69, 9.17) is 5.11 Å². The van der Waals surface area contributed by atoms with Crippen LogP contribution in [0, 0.1) is 5.41 Å². The van der Waals surface area contributed by atoms with Crippen molar-refractivity contribution in [2.24, 2.45) is 5.41 Å². The van der Waals surface area contributed by atoms with Crippen LogP contribution in [0.2, 0.25) is 0 Å². The third-order valence-corrected chi connectivity index (χ3v) is 4.10. The molecule has 2 heterocycles. The van der Waals surface area contributed by atoms with Gasteiger partial charge >= 0.3 is 0 Å². The van der Waals surface area contributed by atoms with E-state index in [2.05, 4.69) is 28.7 Å². The monoisotopic (exact) mass is 235 g/mol. The zero-order valence-electron chi connectivity index (χ0n) is 10.7. The van der Waals surface area contributed by atoms with Gasteiger partial charge in [0.25, 0.3) is 0 Å². The summed E-state index contributed by atoms with van der Waals surface area (Å²) in [6, 6.07) is 0. The highest BCUT2D eigenvalue weighted by molar-refractivity contribution is 5.32. The summed E-state index contributed by atoms with van der Waals surface area (Å²) in [4.78, 5) is 10.9. The van der Waals surface area contributed by atoms with Crippen molar-refractivity contribution in [3.05, 3.63) is 18.0 Å². The van der Waals surface area contributed by atoms with Gasteiger partial charge in [0.2, 0.25) is 5.95 Å². The zero-order chi connectivity index (χ0) is 12.3. The van der Waals surface area contributed by atoms with Crippen molar-refractivity contribution in [3.63, 3.8) is 0 Å². The second-order valence-electron chi connectivity index (χ2n) is 4.93. The SMILES string of the molecule is CCC1(CC)CCN(c2ncc(CO)cn2)C1. The minimum Gasteiger partial charge on any atom is -0.392 e. The van der Waals surface area contributed by atoms with Crippen LogP contribution in [0.15, 0.2) is 12.4 Å². The molecule has 0 saturated carbocycles. The van der Waals surface area contributed by atoms with Crippen LogP contribution in [-0.2, 0) is 6.61 Å². The third kappa shape index (κ3) is 2.41. The van der Waals surface area contributed by atoms with E-state index in [-0.39, 0.29) is 6.61 Å². The van der Waals surface area contributed by atoms with Crippen molar-refractivity contribution in [1.82, 2.24) is 9.97 Å². The molecule has 1 aromatic rings. The van der Waals surface area contributed by atoms with Crippen LogP contribution >= 0.6 is 0 Å². The predicted molar refractivity (Wildman–Crippen MR) is 67.8 cm³/mol. The molecule has 2 rings (SSSR count). The Morgan fingerprint density at radius 2 is 1.94 bits per heavy atom. The molecule has 4 heteroatoms. The van der Waals surface area contributed by atoms with Gasteiger partial charge in [-0.15, -0.1) is 0 Å². The molecule has 1 aliphatic heterocycles. The molecule has 0 aromatic carbocycles. The number of aromatic nitrogens is 2. The molecule has 0 radical (unpaired) electrons. The van der Waals surface area contributed by atoms with Gasteiger partial charge in [-0.25, -0.2) is 9.97 Å². The summed E-state index contributed by atoms with van der Waals surface area (Å²) >= 11 is 0. The van der Waals surface area contributed by atoms with Crippen LogP contribution in [0.25, 0.3) is 0 Å². The van der Waals surface area contributed by atoms with Gasteiger partial charge in [0.05, 0.1) is 6.61 Å². The highest BCUT2D eigenvalue weighted by atomic mass is 16.3. The van der Waals surface area contributed by atoms with Gasteiger partial charge in [-0.1, -0.05) is 13.8 Å². The summed E-state index contributed by atoms with van der Waals surface area (Å²) in [6.45, 7) is 6.64. The minimum absolute atomic E-state index is 0.00807. The first-order chi connectivity index (χ1) is 8.23. The van der Waals surface area contributed by atoms with Gasteiger partial charge in [0.15, 0.2) is 0 Å². The maximum Gasteiger partial charge on any atom is 0.225 e. The molecule has 0 bridgehead atoms. The van der Waals surface area contributed by atoms with E-state index in [0.717, 1.165) is 24.6 Å². The summed E-state index contributed by atoms with van der Waals surface area (Å²) in [5.74, 6) is 0.797. The second-order valence-corrected chi connectivity index (χ2v) is 4.93. The van der Waals surface area contributed by atoms with E-state index in [1.165, 1.54) is 19.3 Å². The van der Waals surface area contributed by atoms with Gasteiger partial charge in [-0.2, -0.15) is 0 Å². The van der Waals surface area contributed by atoms with Gasteiger partial charge in [-0.05, 0) is 24.7 Å². The molecular weight excluding hydrogens is 214 g/mol. The summed E-state index contributed by atoms with van der Waals surface area (Å²) in [5.41, 5.74) is 1.21. The Kier molecular flexibility index (Phi) is 3.62. The Bertz CT molecular complexity index is 359. The molecule has 1 N–H and O–H groups in total. The number of rotatable bonds is 4. The van der Waals surface area contributed by atoms with Crippen molar-refractivity contribution in [1.29, 1.82) is 0 Å². The number of hydrogen-bond donors (Lipinski definition) is 1. The van der Waals surface area contributed by atoms with Crippen molar-refractivity contribution in [3.8, 4) is 0 Å². The lowest BCUT2D eigenvalue weighted by Gasteiger charge is -2.26. The lowest BCUT2D eigenvalue weighted by Crippen LogP contribution is -2.27. The summed E-state index contributed by atoms with van der Waals surface area (Å²) in [7, 11) is 0. The average molecular weight is 235 g/mol. The van der Waals surface area contributed by atoms with Crippen molar-refractivity contribution < 1.29 is 5.11 Å². The van der Waals surface area contributed by atoms with Gasteiger partial charge in [0, 0.05) is 31.0 Å². The Hall–Kier alpha value is -1.16. The molecule has 0 atom stereocenters. The fourth-order valence-corrected chi connectivity index (χ4v) is 2.53. The fraction of sp³-hybridized carbons (Fsp3) is 0.692. The molecule has 1 aromatic heterocycles. The molecule has 1 aliphatic rings. The molecule has 0 amide bonds.